The molecule has 1 saturated carbocycles. The van der Waals surface area contributed by atoms with Crippen LogP contribution in [0.3, 0.4) is 0 Å². The lowest BCUT2D eigenvalue weighted by molar-refractivity contribution is 0.104. The molecule has 2 heterocycles. The molecule has 8 nitrogen and oxygen atoms in total. The topological polar surface area (TPSA) is 97.1 Å². The summed E-state index contributed by atoms with van der Waals surface area (Å²) in [4.78, 5) is 12.5. The van der Waals surface area contributed by atoms with E-state index in [1.165, 1.54) is 4.90 Å². The van der Waals surface area contributed by atoms with Crippen molar-refractivity contribution in [3.05, 3.63) is 23.4 Å². The average Bonchev–Trinajstić information content (AvgIpc) is 3.42. The Morgan fingerprint density at radius 1 is 1.28 bits per heavy atom. The van der Waals surface area contributed by atoms with Crippen LogP contribution >= 0.6 is 0 Å². The lowest BCUT2D eigenvalue weighted by Crippen LogP contribution is -2.37. The van der Waals surface area contributed by atoms with Gasteiger partial charge in [0.25, 0.3) is 0 Å². The van der Waals surface area contributed by atoms with Crippen LogP contribution in [-0.4, -0.2) is 68.8 Å². The van der Waals surface area contributed by atoms with E-state index in [2.05, 4.69) is 10.5 Å². The summed E-state index contributed by atoms with van der Waals surface area (Å²) >= 11 is 0. The molecule has 1 aromatic heterocycles. The number of rotatable bonds is 8. The largest absolute Gasteiger partial charge is 0.493 e. The number of carboxylic acid groups (broad SMARTS) is 1. The Morgan fingerprint density at radius 2 is 1.97 bits per heavy atom. The van der Waals surface area contributed by atoms with Crippen molar-refractivity contribution in [2.24, 2.45) is 11.3 Å². The third kappa shape index (κ3) is 5.92. The Balaban J connectivity index is 0.000000913. The molecule has 1 aliphatic carbocycles. The molecule has 2 aromatic rings. The number of carbonyl (C=O) groups is 1. The van der Waals surface area contributed by atoms with Crippen LogP contribution in [0.1, 0.15) is 43.4 Å². The summed E-state index contributed by atoms with van der Waals surface area (Å²) < 4.78 is 17.1. The van der Waals surface area contributed by atoms with Crippen molar-refractivity contribution in [2.45, 2.75) is 45.4 Å². The first kappa shape index (κ1) is 24.3. The number of likely N-dealkylation sites (tertiary alicyclic amines) is 1. The Bertz CT molecular complexity index is 885. The van der Waals surface area contributed by atoms with Gasteiger partial charge in [-0.25, -0.2) is 4.79 Å². The zero-order chi connectivity index (χ0) is 23.1. The van der Waals surface area contributed by atoms with E-state index in [9.17, 15) is 4.79 Å². The highest BCUT2D eigenvalue weighted by atomic mass is 16.5. The third-order valence-electron chi connectivity index (χ3n) is 6.53. The fraction of sp³-hybridized carbons (Fsp3) is 0.667. The summed E-state index contributed by atoms with van der Waals surface area (Å²) in [5.74, 6) is 1.39. The quantitative estimate of drug-likeness (QED) is 0.629. The highest BCUT2D eigenvalue weighted by molar-refractivity contribution is 5.84. The average molecular weight is 448 g/mol. The maximum atomic E-state index is 11.0. The van der Waals surface area contributed by atoms with E-state index in [-0.39, 0.29) is 5.41 Å². The second-order valence-corrected chi connectivity index (χ2v) is 9.17. The molecular weight excluding hydrogens is 410 g/mol. The van der Waals surface area contributed by atoms with E-state index in [4.69, 9.17) is 19.1 Å². The summed E-state index contributed by atoms with van der Waals surface area (Å²) in [5.41, 5.74) is 2.95. The molecule has 1 amide bonds. The highest BCUT2D eigenvalue weighted by Gasteiger charge is 2.43. The van der Waals surface area contributed by atoms with Crippen LogP contribution in [0.15, 0.2) is 16.7 Å². The zero-order valence-corrected chi connectivity index (χ0v) is 19.8. The minimum Gasteiger partial charge on any atom is -0.493 e. The standard InChI is InChI=1S/C22H30N2O5.C2H7N/c1-15-19(28-14-22(9-10-22)13-27-2)6-4-17-18(23-29-20(15)17)5-3-16-7-11-24(12-8-16)21(25)26;1-3-2/h4,6,16H,3,5,7-14H2,1-2H3,(H,25,26);3H,1-2H3. The number of benzene rings is 1. The number of hydrogen-bond donors (Lipinski definition) is 2. The van der Waals surface area contributed by atoms with Crippen molar-refractivity contribution >= 4 is 17.1 Å². The molecule has 178 valence electrons. The molecular formula is C24H37N3O5. The number of amides is 1. The van der Waals surface area contributed by atoms with Gasteiger partial charge in [0.2, 0.25) is 0 Å². The molecule has 0 unspecified atom stereocenters. The molecule has 2 N–H and O–H groups in total. The fourth-order valence-corrected chi connectivity index (χ4v) is 4.30. The number of aromatic nitrogens is 1. The number of ether oxygens (including phenoxy) is 2. The third-order valence-corrected chi connectivity index (χ3v) is 6.53. The summed E-state index contributed by atoms with van der Waals surface area (Å²) in [7, 11) is 5.49. The first-order chi connectivity index (χ1) is 15.4. The van der Waals surface area contributed by atoms with Gasteiger partial charge < -0.3 is 29.3 Å². The van der Waals surface area contributed by atoms with E-state index in [0.717, 1.165) is 73.1 Å². The van der Waals surface area contributed by atoms with Crippen molar-refractivity contribution in [1.29, 1.82) is 0 Å². The molecule has 0 bridgehead atoms. The van der Waals surface area contributed by atoms with Gasteiger partial charge in [-0.05, 0) is 77.6 Å². The van der Waals surface area contributed by atoms with Crippen LogP contribution in [0.25, 0.3) is 11.0 Å². The van der Waals surface area contributed by atoms with Crippen molar-refractivity contribution in [1.82, 2.24) is 15.4 Å². The molecule has 1 aliphatic heterocycles. The molecule has 4 rings (SSSR count). The van der Waals surface area contributed by atoms with Gasteiger partial charge in [0, 0.05) is 36.6 Å². The highest BCUT2D eigenvalue weighted by Crippen LogP contribution is 2.46. The first-order valence-electron chi connectivity index (χ1n) is 11.5. The molecule has 1 saturated heterocycles. The number of piperidine rings is 1. The van der Waals surface area contributed by atoms with Gasteiger partial charge in [0.1, 0.15) is 5.75 Å². The normalized spacial score (nSPS) is 17.7. The van der Waals surface area contributed by atoms with Crippen LogP contribution in [0.2, 0.25) is 0 Å². The van der Waals surface area contributed by atoms with E-state index in [1.807, 2.05) is 33.2 Å². The first-order valence-corrected chi connectivity index (χ1v) is 11.5. The van der Waals surface area contributed by atoms with E-state index >= 15 is 0 Å². The minimum atomic E-state index is -0.811. The Labute approximate surface area is 190 Å². The van der Waals surface area contributed by atoms with Crippen LogP contribution < -0.4 is 10.1 Å². The molecule has 1 aromatic carbocycles. The van der Waals surface area contributed by atoms with E-state index in [0.29, 0.717) is 25.6 Å². The fourth-order valence-electron chi connectivity index (χ4n) is 4.30. The number of aryl methyl sites for hydroxylation is 2. The zero-order valence-electron chi connectivity index (χ0n) is 19.8. The molecule has 8 heteroatoms. The van der Waals surface area contributed by atoms with Crippen LogP contribution in [0.5, 0.6) is 5.75 Å². The molecule has 32 heavy (non-hydrogen) atoms. The van der Waals surface area contributed by atoms with Gasteiger partial charge in [0.15, 0.2) is 5.58 Å². The molecule has 0 atom stereocenters. The number of hydrogen-bond acceptors (Lipinski definition) is 6. The number of nitrogens with zero attached hydrogens (tertiary/aromatic N) is 2. The number of methoxy groups -OCH3 is 1. The maximum Gasteiger partial charge on any atom is 0.407 e. The minimum absolute atomic E-state index is 0.180. The Hall–Kier alpha value is -2.32. The van der Waals surface area contributed by atoms with Crippen molar-refractivity contribution < 1.29 is 23.9 Å². The van der Waals surface area contributed by atoms with Crippen molar-refractivity contribution in [3.63, 3.8) is 0 Å². The van der Waals surface area contributed by atoms with Crippen molar-refractivity contribution in [2.75, 3.05) is 47.5 Å². The van der Waals surface area contributed by atoms with Crippen LogP contribution in [0, 0.1) is 18.3 Å². The lowest BCUT2D eigenvalue weighted by Gasteiger charge is -2.29. The predicted molar refractivity (Wildman–Crippen MR) is 123 cm³/mol. The Morgan fingerprint density at radius 3 is 2.56 bits per heavy atom. The predicted octanol–water partition coefficient (Wildman–Crippen LogP) is 4.10. The van der Waals surface area contributed by atoms with Crippen LogP contribution in [-0.2, 0) is 11.2 Å². The molecule has 0 radical (unpaired) electrons. The smallest absolute Gasteiger partial charge is 0.407 e. The SMILES string of the molecule is CNC.COCC1(COc2ccc3c(CCC4CCN(C(=O)O)CC4)noc3c2C)CC1. The Kier molecular flexibility index (Phi) is 8.37. The van der Waals surface area contributed by atoms with Gasteiger partial charge >= 0.3 is 6.09 Å². The summed E-state index contributed by atoms with van der Waals surface area (Å²) in [5, 5.41) is 17.2. The second kappa shape index (κ2) is 11.0. The molecule has 2 aliphatic rings. The maximum absolute atomic E-state index is 11.0. The number of nitrogens with one attached hydrogen (secondary N) is 1. The van der Waals surface area contributed by atoms with Crippen LogP contribution in [0.4, 0.5) is 4.79 Å². The van der Waals surface area contributed by atoms with Crippen molar-refractivity contribution in [3.8, 4) is 5.75 Å². The molecule has 0 spiro atoms. The second-order valence-electron chi connectivity index (χ2n) is 9.17. The monoisotopic (exact) mass is 447 g/mol. The van der Waals surface area contributed by atoms with Gasteiger partial charge in [-0.1, -0.05) is 5.16 Å². The van der Waals surface area contributed by atoms with E-state index < -0.39 is 6.09 Å². The molecule has 2 fully saturated rings. The van der Waals surface area contributed by atoms with Gasteiger partial charge in [-0.3, -0.25) is 0 Å². The summed E-state index contributed by atoms with van der Waals surface area (Å²) in [6, 6.07) is 4.07. The van der Waals surface area contributed by atoms with Gasteiger partial charge in [-0.15, -0.1) is 0 Å². The summed E-state index contributed by atoms with van der Waals surface area (Å²) in [6.07, 6.45) is 5.19. The van der Waals surface area contributed by atoms with Gasteiger partial charge in [-0.2, -0.15) is 0 Å². The summed E-state index contributed by atoms with van der Waals surface area (Å²) in [6.45, 7) is 4.69. The van der Waals surface area contributed by atoms with Gasteiger partial charge in [0.05, 0.1) is 18.9 Å². The number of fused-ring (bicyclic) bond motifs is 1. The lowest BCUT2D eigenvalue weighted by atomic mass is 9.91. The van der Waals surface area contributed by atoms with E-state index in [1.54, 1.807) is 7.11 Å².